The third kappa shape index (κ3) is 4.91. The fraction of sp³-hybridized carbons (Fsp3) is 0.214. The molecule has 0 aliphatic carbocycles. The van der Waals surface area contributed by atoms with Gasteiger partial charge in [-0.2, -0.15) is 0 Å². The van der Waals surface area contributed by atoms with Crippen molar-refractivity contribution in [3.63, 3.8) is 0 Å². The highest BCUT2D eigenvalue weighted by molar-refractivity contribution is 7.98. The summed E-state index contributed by atoms with van der Waals surface area (Å²) in [5.41, 5.74) is 5.72. The molecule has 0 aliphatic rings. The average molecular weight is 483 g/mol. The number of hydrogen-bond donors (Lipinski definition) is 0. The van der Waals surface area contributed by atoms with Crippen LogP contribution in [0.15, 0.2) is 87.4 Å². The van der Waals surface area contributed by atoms with Crippen LogP contribution in [-0.4, -0.2) is 19.7 Å². The van der Waals surface area contributed by atoms with Gasteiger partial charge < -0.3 is 4.42 Å². The van der Waals surface area contributed by atoms with Crippen LogP contribution < -0.4 is 5.63 Å². The van der Waals surface area contributed by atoms with Crippen molar-refractivity contribution in [2.45, 2.75) is 44.1 Å². The van der Waals surface area contributed by atoms with Crippen LogP contribution in [0.4, 0.5) is 0 Å². The number of aromatic nitrogens is 4. The van der Waals surface area contributed by atoms with Gasteiger partial charge in [0.05, 0.1) is 6.54 Å². The van der Waals surface area contributed by atoms with Gasteiger partial charge in [0.1, 0.15) is 5.58 Å². The molecule has 0 bridgehead atoms. The highest BCUT2D eigenvalue weighted by Crippen LogP contribution is 2.31. The lowest BCUT2D eigenvalue weighted by atomic mass is 9.95. The minimum atomic E-state index is -0.340. The molecule has 6 nitrogen and oxygen atoms in total. The highest BCUT2D eigenvalue weighted by atomic mass is 32.2. The Bertz CT molecular complexity index is 1530. The van der Waals surface area contributed by atoms with E-state index in [1.54, 1.807) is 30.2 Å². The SMILES string of the molecule is Cc1cc2oc(=O)cc(CSc3nnc(-c4ccncc4)n3Cc3ccccc3)c2cc1C(C)C. The number of hydrogen-bond acceptors (Lipinski definition) is 6. The minimum Gasteiger partial charge on any atom is -0.423 e. The number of nitrogens with zero attached hydrogens (tertiary/aromatic N) is 4. The third-order valence-corrected chi connectivity index (χ3v) is 7.05. The smallest absolute Gasteiger partial charge is 0.336 e. The number of thioether (sulfide) groups is 1. The van der Waals surface area contributed by atoms with Crippen LogP contribution in [0.25, 0.3) is 22.4 Å². The highest BCUT2D eigenvalue weighted by Gasteiger charge is 2.17. The van der Waals surface area contributed by atoms with E-state index in [0.717, 1.165) is 38.6 Å². The summed E-state index contributed by atoms with van der Waals surface area (Å²) < 4.78 is 7.65. The molecule has 2 aromatic carbocycles. The van der Waals surface area contributed by atoms with Crippen molar-refractivity contribution >= 4 is 22.7 Å². The molecule has 0 N–H and O–H groups in total. The molecule has 0 aliphatic heterocycles. The van der Waals surface area contributed by atoms with E-state index in [2.05, 4.69) is 58.7 Å². The van der Waals surface area contributed by atoms with Crippen LogP contribution in [0.5, 0.6) is 0 Å². The van der Waals surface area contributed by atoms with Gasteiger partial charge in [0.15, 0.2) is 11.0 Å². The topological polar surface area (TPSA) is 73.8 Å². The predicted octanol–water partition coefficient (Wildman–Crippen LogP) is 6.22. The molecule has 3 aromatic heterocycles. The van der Waals surface area contributed by atoms with Gasteiger partial charge in [-0.05, 0) is 59.4 Å². The van der Waals surface area contributed by atoms with Gasteiger partial charge in [0, 0.05) is 35.2 Å². The number of aryl methyl sites for hydroxylation is 1. The zero-order valence-corrected chi connectivity index (χ0v) is 20.7. The van der Waals surface area contributed by atoms with Gasteiger partial charge in [-0.25, -0.2) is 4.79 Å². The molecule has 0 unspecified atom stereocenters. The fourth-order valence-electron chi connectivity index (χ4n) is 4.29. The summed E-state index contributed by atoms with van der Waals surface area (Å²) in [7, 11) is 0. The van der Waals surface area contributed by atoms with Gasteiger partial charge in [-0.3, -0.25) is 9.55 Å². The zero-order valence-electron chi connectivity index (χ0n) is 19.9. The monoisotopic (exact) mass is 482 g/mol. The summed E-state index contributed by atoms with van der Waals surface area (Å²) >= 11 is 1.57. The van der Waals surface area contributed by atoms with Crippen molar-refractivity contribution in [3.8, 4) is 11.4 Å². The summed E-state index contributed by atoms with van der Waals surface area (Å²) in [6.07, 6.45) is 3.51. The molecule has 7 heteroatoms. The van der Waals surface area contributed by atoms with Crippen LogP contribution in [0.3, 0.4) is 0 Å². The molecule has 5 aromatic rings. The molecule has 0 saturated carbocycles. The molecule has 0 fully saturated rings. The Morgan fingerprint density at radius 3 is 2.51 bits per heavy atom. The maximum absolute atomic E-state index is 12.3. The number of rotatable bonds is 7. The lowest BCUT2D eigenvalue weighted by Crippen LogP contribution is -2.05. The normalized spacial score (nSPS) is 11.4. The van der Waals surface area contributed by atoms with Crippen LogP contribution in [-0.2, 0) is 12.3 Å². The second-order valence-electron chi connectivity index (χ2n) is 8.85. The molecule has 0 radical (unpaired) electrons. The van der Waals surface area contributed by atoms with Crippen molar-refractivity contribution in [1.82, 2.24) is 19.7 Å². The van der Waals surface area contributed by atoms with Crippen molar-refractivity contribution in [2.75, 3.05) is 0 Å². The van der Waals surface area contributed by atoms with E-state index >= 15 is 0 Å². The molecule has 0 saturated heterocycles. The minimum absolute atomic E-state index is 0.340. The second kappa shape index (κ2) is 9.88. The molecule has 35 heavy (non-hydrogen) atoms. The predicted molar refractivity (Wildman–Crippen MR) is 140 cm³/mol. The Labute approximate surface area is 208 Å². The van der Waals surface area contributed by atoms with E-state index in [-0.39, 0.29) is 5.63 Å². The van der Waals surface area contributed by atoms with E-state index in [0.29, 0.717) is 23.8 Å². The number of fused-ring (bicyclic) bond motifs is 1. The molecular weight excluding hydrogens is 456 g/mol. The third-order valence-electron chi connectivity index (χ3n) is 6.03. The summed E-state index contributed by atoms with van der Waals surface area (Å²) in [6, 6.07) is 19.9. The summed E-state index contributed by atoms with van der Waals surface area (Å²) in [6.45, 7) is 7.05. The Morgan fingerprint density at radius 1 is 1.00 bits per heavy atom. The Balaban J connectivity index is 1.53. The van der Waals surface area contributed by atoms with Gasteiger partial charge >= 0.3 is 5.63 Å². The zero-order chi connectivity index (χ0) is 24.4. The lowest BCUT2D eigenvalue weighted by Gasteiger charge is -2.13. The first kappa shape index (κ1) is 23.1. The van der Waals surface area contributed by atoms with E-state index in [1.807, 2.05) is 36.4 Å². The Hall–Kier alpha value is -3.71. The first-order valence-electron chi connectivity index (χ1n) is 11.6. The van der Waals surface area contributed by atoms with Gasteiger partial charge in [-0.1, -0.05) is 55.9 Å². The first-order valence-corrected chi connectivity index (χ1v) is 12.6. The van der Waals surface area contributed by atoms with Gasteiger partial charge in [-0.15, -0.1) is 10.2 Å². The number of pyridine rings is 1. The van der Waals surface area contributed by atoms with Gasteiger partial charge in [0.2, 0.25) is 0 Å². The lowest BCUT2D eigenvalue weighted by molar-refractivity contribution is 0.559. The second-order valence-corrected chi connectivity index (χ2v) is 9.80. The maximum atomic E-state index is 12.3. The molecule has 0 amide bonds. The van der Waals surface area contributed by atoms with Crippen LogP contribution in [0.1, 0.15) is 42.0 Å². The molecule has 0 atom stereocenters. The molecule has 0 spiro atoms. The van der Waals surface area contributed by atoms with E-state index < -0.39 is 0 Å². The van der Waals surface area contributed by atoms with E-state index in [1.165, 1.54) is 5.56 Å². The Kier molecular flexibility index (Phi) is 6.51. The molecule has 176 valence electrons. The van der Waals surface area contributed by atoms with Crippen LogP contribution in [0.2, 0.25) is 0 Å². The molecular formula is C28H26N4O2S. The van der Waals surface area contributed by atoms with Crippen LogP contribution in [0, 0.1) is 6.92 Å². The fourth-order valence-corrected chi connectivity index (χ4v) is 5.22. The van der Waals surface area contributed by atoms with Gasteiger partial charge in [0.25, 0.3) is 0 Å². The quantitative estimate of drug-likeness (QED) is 0.203. The largest absolute Gasteiger partial charge is 0.423 e. The van der Waals surface area contributed by atoms with E-state index in [9.17, 15) is 4.79 Å². The summed E-state index contributed by atoms with van der Waals surface area (Å²) in [5.74, 6) is 1.74. The molecule has 3 heterocycles. The van der Waals surface area contributed by atoms with E-state index in [4.69, 9.17) is 4.42 Å². The standard InChI is InChI=1S/C28H26N4O2S/c1-18(2)23-15-24-22(14-26(33)34-25(24)13-19(23)3)17-35-28-31-30-27(21-9-11-29-12-10-21)32(28)16-20-7-5-4-6-8-20/h4-15,18H,16-17H2,1-3H3. The summed E-state index contributed by atoms with van der Waals surface area (Å²) in [5, 5.41) is 10.8. The summed E-state index contributed by atoms with van der Waals surface area (Å²) in [4.78, 5) is 16.5. The molecule has 5 rings (SSSR count). The Morgan fingerprint density at radius 2 is 1.77 bits per heavy atom. The average Bonchev–Trinajstić information content (AvgIpc) is 3.25. The number of benzene rings is 2. The van der Waals surface area contributed by atoms with Crippen molar-refractivity contribution in [1.29, 1.82) is 0 Å². The van der Waals surface area contributed by atoms with Crippen LogP contribution >= 0.6 is 11.8 Å². The first-order chi connectivity index (χ1) is 17.0. The maximum Gasteiger partial charge on any atom is 0.336 e. The van der Waals surface area contributed by atoms with Crippen molar-refractivity contribution in [2.24, 2.45) is 0 Å². The van der Waals surface area contributed by atoms with Crippen molar-refractivity contribution < 1.29 is 4.42 Å². The van der Waals surface area contributed by atoms with Crippen molar-refractivity contribution in [3.05, 3.63) is 106 Å².